The molecule has 2 saturated carbocycles. The van der Waals surface area contributed by atoms with Gasteiger partial charge in [-0.05, 0) is 48.9 Å². The molecular weight excluding hydrogens is 204 g/mol. The summed E-state index contributed by atoms with van der Waals surface area (Å²) in [6, 6.07) is 0. The third-order valence-corrected chi connectivity index (χ3v) is 5.86. The van der Waals surface area contributed by atoms with Gasteiger partial charge in [0.1, 0.15) is 0 Å². The molecule has 0 aliphatic heterocycles. The monoisotopic (exact) mass is 236 g/mol. The minimum Gasteiger partial charge on any atom is -0.0651 e. The second-order valence-corrected chi connectivity index (χ2v) is 7.18. The van der Waals surface area contributed by atoms with Crippen LogP contribution in [0, 0.1) is 29.6 Å². The van der Waals surface area contributed by atoms with Crippen LogP contribution in [-0.4, -0.2) is 0 Å². The van der Waals surface area contributed by atoms with E-state index >= 15 is 0 Å². The summed E-state index contributed by atoms with van der Waals surface area (Å²) in [5.41, 5.74) is 0. The highest BCUT2D eigenvalue weighted by Gasteiger charge is 2.30. The van der Waals surface area contributed by atoms with E-state index in [1.165, 1.54) is 25.7 Å². The molecule has 0 aromatic rings. The van der Waals surface area contributed by atoms with E-state index in [0.29, 0.717) is 0 Å². The molecule has 0 nitrogen and oxygen atoms in total. The van der Waals surface area contributed by atoms with Crippen molar-refractivity contribution in [3.63, 3.8) is 0 Å². The predicted octanol–water partition coefficient (Wildman–Crippen LogP) is 5.67. The van der Waals surface area contributed by atoms with Gasteiger partial charge in [-0.25, -0.2) is 0 Å². The first-order valence-electron chi connectivity index (χ1n) is 8.19. The van der Waals surface area contributed by atoms with Gasteiger partial charge in [0.2, 0.25) is 0 Å². The van der Waals surface area contributed by atoms with Crippen molar-refractivity contribution in [3.05, 3.63) is 0 Å². The Morgan fingerprint density at radius 1 is 0.882 bits per heavy atom. The van der Waals surface area contributed by atoms with E-state index < -0.39 is 0 Å². The molecule has 0 radical (unpaired) electrons. The van der Waals surface area contributed by atoms with Gasteiger partial charge >= 0.3 is 0 Å². The highest BCUT2D eigenvalue weighted by atomic mass is 14.4. The lowest BCUT2D eigenvalue weighted by atomic mass is 9.78. The average Bonchev–Trinajstić information content (AvgIpc) is 2.75. The molecule has 0 aromatic heterocycles. The first-order chi connectivity index (χ1) is 8.19. The fourth-order valence-electron chi connectivity index (χ4n) is 4.31. The molecule has 0 spiro atoms. The predicted molar refractivity (Wildman–Crippen MR) is 76.0 cm³/mol. The molecule has 2 aliphatic rings. The number of hydrogen-bond donors (Lipinski definition) is 0. The quantitative estimate of drug-likeness (QED) is 0.590. The Morgan fingerprint density at radius 2 is 1.65 bits per heavy atom. The molecule has 5 atom stereocenters. The van der Waals surface area contributed by atoms with Gasteiger partial charge in [0.05, 0.1) is 0 Å². The van der Waals surface area contributed by atoms with Gasteiger partial charge in [-0.15, -0.1) is 0 Å². The minimum absolute atomic E-state index is 0.928. The molecule has 5 unspecified atom stereocenters. The molecule has 0 N–H and O–H groups in total. The van der Waals surface area contributed by atoms with Gasteiger partial charge in [0, 0.05) is 0 Å². The van der Waals surface area contributed by atoms with Crippen LogP contribution in [0.25, 0.3) is 0 Å². The van der Waals surface area contributed by atoms with E-state index in [2.05, 4.69) is 20.8 Å². The summed E-state index contributed by atoms with van der Waals surface area (Å²) in [5.74, 6) is 5.16. The molecular formula is C17H32. The van der Waals surface area contributed by atoms with Crippen LogP contribution >= 0.6 is 0 Å². The van der Waals surface area contributed by atoms with E-state index in [-0.39, 0.29) is 0 Å². The van der Waals surface area contributed by atoms with Crippen LogP contribution in [0.3, 0.4) is 0 Å². The maximum absolute atomic E-state index is 2.49. The number of fused-ring (bicyclic) bond motifs is 2. The van der Waals surface area contributed by atoms with Crippen molar-refractivity contribution in [3.8, 4) is 0 Å². The molecule has 2 bridgehead atoms. The Bertz CT molecular complexity index is 220. The smallest absolute Gasteiger partial charge is 0.0409 e. The average molecular weight is 236 g/mol. The van der Waals surface area contributed by atoms with Crippen LogP contribution < -0.4 is 0 Å². The van der Waals surface area contributed by atoms with E-state index in [1.807, 2.05) is 0 Å². The molecule has 17 heavy (non-hydrogen) atoms. The highest BCUT2D eigenvalue weighted by molar-refractivity contribution is 4.81. The van der Waals surface area contributed by atoms with Crippen molar-refractivity contribution in [1.82, 2.24) is 0 Å². The summed E-state index contributed by atoms with van der Waals surface area (Å²) in [4.78, 5) is 0. The summed E-state index contributed by atoms with van der Waals surface area (Å²) >= 11 is 0. The van der Waals surface area contributed by atoms with E-state index in [4.69, 9.17) is 0 Å². The van der Waals surface area contributed by atoms with Crippen molar-refractivity contribution in [2.75, 3.05) is 0 Å². The first kappa shape index (κ1) is 13.4. The summed E-state index contributed by atoms with van der Waals surface area (Å²) in [7, 11) is 0. The van der Waals surface area contributed by atoms with Crippen molar-refractivity contribution in [1.29, 1.82) is 0 Å². The molecule has 2 fully saturated rings. The largest absolute Gasteiger partial charge is 0.0651 e. The molecule has 2 rings (SSSR count). The second kappa shape index (κ2) is 6.25. The standard InChI is InChI=1S/C17H32/c1-4-13(2)14(3)10-16-7-5-6-15-8-9-17(11-15)12-16/h13-17H,4-12H2,1-3H3. The summed E-state index contributed by atoms with van der Waals surface area (Å²) in [6.45, 7) is 7.28. The lowest BCUT2D eigenvalue weighted by Crippen LogP contribution is -2.17. The third-order valence-electron chi connectivity index (χ3n) is 5.86. The Balaban J connectivity index is 1.83. The topological polar surface area (TPSA) is 0 Å². The van der Waals surface area contributed by atoms with E-state index in [0.717, 1.165) is 29.6 Å². The summed E-state index contributed by atoms with van der Waals surface area (Å²) in [6.07, 6.45) is 13.7. The van der Waals surface area contributed by atoms with Crippen molar-refractivity contribution < 1.29 is 0 Å². The zero-order chi connectivity index (χ0) is 12.3. The normalized spacial score (nSPS) is 37.2. The van der Waals surface area contributed by atoms with Crippen LogP contribution in [-0.2, 0) is 0 Å². The van der Waals surface area contributed by atoms with Gasteiger partial charge in [-0.3, -0.25) is 0 Å². The molecule has 0 saturated heterocycles. The van der Waals surface area contributed by atoms with E-state index in [9.17, 15) is 0 Å². The summed E-state index contributed by atoms with van der Waals surface area (Å²) < 4.78 is 0. The van der Waals surface area contributed by atoms with Crippen LogP contribution in [0.15, 0.2) is 0 Å². The minimum atomic E-state index is 0.928. The van der Waals surface area contributed by atoms with Crippen molar-refractivity contribution in [2.45, 2.75) is 78.6 Å². The lowest BCUT2D eigenvalue weighted by molar-refractivity contribution is 0.232. The number of hydrogen-bond acceptors (Lipinski definition) is 0. The van der Waals surface area contributed by atoms with Crippen molar-refractivity contribution >= 4 is 0 Å². The van der Waals surface area contributed by atoms with Crippen LogP contribution in [0.5, 0.6) is 0 Å². The maximum atomic E-state index is 2.49. The van der Waals surface area contributed by atoms with Crippen molar-refractivity contribution in [2.24, 2.45) is 29.6 Å². The van der Waals surface area contributed by atoms with Gasteiger partial charge in [-0.2, -0.15) is 0 Å². The van der Waals surface area contributed by atoms with Crippen LogP contribution in [0.2, 0.25) is 0 Å². The molecule has 0 heteroatoms. The molecule has 2 aliphatic carbocycles. The SMILES string of the molecule is CCC(C)C(C)CC1CCCC2CCC(C2)C1. The fraction of sp³-hybridized carbons (Fsp3) is 1.00. The Hall–Kier alpha value is 0. The number of rotatable bonds is 4. The van der Waals surface area contributed by atoms with E-state index in [1.54, 1.807) is 32.1 Å². The lowest BCUT2D eigenvalue weighted by Gasteiger charge is -2.28. The van der Waals surface area contributed by atoms with Gasteiger partial charge in [-0.1, -0.05) is 59.3 Å². The molecule has 0 aromatic carbocycles. The molecule has 0 amide bonds. The Kier molecular flexibility index (Phi) is 4.94. The Morgan fingerprint density at radius 3 is 2.41 bits per heavy atom. The fourth-order valence-corrected chi connectivity index (χ4v) is 4.31. The van der Waals surface area contributed by atoms with Crippen LogP contribution in [0.4, 0.5) is 0 Å². The van der Waals surface area contributed by atoms with Gasteiger partial charge < -0.3 is 0 Å². The Labute approximate surface area is 109 Å². The highest BCUT2D eigenvalue weighted by Crippen LogP contribution is 2.42. The first-order valence-corrected chi connectivity index (χ1v) is 8.19. The van der Waals surface area contributed by atoms with Crippen LogP contribution in [0.1, 0.15) is 78.6 Å². The second-order valence-electron chi connectivity index (χ2n) is 7.18. The zero-order valence-corrected chi connectivity index (χ0v) is 12.3. The van der Waals surface area contributed by atoms with Gasteiger partial charge in [0.15, 0.2) is 0 Å². The molecule has 100 valence electrons. The zero-order valence-electron chi connectivity index (χ0n) is 12.3. The molecule has 0 heterocycles. The third kappa shape index (κ3) is 3.73. The maximum Gasteiger partial charge on any atom is -0.0409 e. The van der Waals surface area contributed by atoms with Gasteiger partial charge in [0.25, 0.3) is 0 Å². The summed E-state index contributed by atoms with van der Waals surface area (Å²) in [5, 5.41) is 0.